The maximum absolute atomic E-state index is 12.8. The molecule has 0 aromatic carbocycles. The molecule has 1 aliphatic rings. The number of pyridine rings is 1. The summed E-state index contributed by atoms with van der Waals surface area (Å²) in [6.45, 7) is 8.02. The number of nitrogens with zero attached hydrogens (tertiary/aromatic N) is 2. The molecule has 1 N–H and O–H groups in total. The van der Waals surface area contributed by atoms with Gasteiger partial charge in [-0.2, -0.15) is 0 Å². The van der Waals surface area contributed by atoms with E-state index in [2.05, 4.69) is 24.1 Å². The van der Waals surface area contributed by atoms with Crippen molar-refractivity contribution in [3.05, 3.63) is 23.4 Å². The Morgan fingerprint density at radius 1 is 1.38 bits per heavy atom. The van der Waals surface area contributed by atoms with Crippen molar-refractivity contribution in [2.45, 2.75) is 58.9 Å². The van der Waals surface area contributed by atoms with Crippen LogP contribution in [0.5, 0.6) is 0 Å². The molecule has 2 heterocycles. The monoisotopic (exact) mass is 289 g/mol. The number of likely N-dealkylation sites (tertiary alicyclic amines) is 1. The van der Waals surface area contributed by atoms with Crippen LogP contribution in [-0.2, 0) is 6.42 Å². The van der Waals surface area contributed by atoms with Crippen molar-refractivity contribution in [2.24, 2.45) is 0 Å². The maximum Gasteiger partial charge on any atom is 0.254 e. The molecule has 0 bridgehead atoms. The number of hydrogen-bond acceptors (Lipinski definition) is 3. The van der Waals surface area contributed by atoms with E-state index in [1.165, 1.54) is 6.42 Å². The molecule has 1 fully saturated rings. The van der Waals surface area contributed by atoms with Crippen LogP contribution in [0.4, 0.5) is 5.82 Å². The molecular formula is C17H27N3O. The van der Waals surface area contributed by atoms with E-state index in [1.54, 1.807) is 0 Å². The van der Waals surface area contributed by atoms with Crippen LogP contribution < -0.4 is 5.32 Å². The lowest BCUT2D eigenvalue weighted by Crippen LogP contribution is -2.42. The smallest absolute Gasteiger partial charge is 0.254 e. The van der Waals surface area contributed by atoms with Gasteiger partial charge in [0.15, 0.2) is 0 Å². The second kappa shape index (κ2) is 7.43. The van der Waals surface area contributed by atoms with Crippen LogP contribution in [0.1, 0.15) is 62.5 Å². The molecule has 0 radical (unpaired) electrons. The molecule has 1 aromatic rings. The van der Waals surface area contributed by atoms with Crippen molar-refractivity contribution >= 4 is 11.7 Å². The van der Waals surface area contributed by atoms with E-state index in [1.807, 2.05) is 24.0 Å². The quantitative estimate of drug-likeness (QED) is 0.902. The van der Waals surface area contributed by atoms with Gasteiger partial charge in [0.05, 0.1) is 0 Å². The van der Waals surface area contributed by atoms with E-state index in [4.69, 9.17) is 0 Å². The number of amides is 1. The third kappa shape index (κ3) is 3.96. The fraction of sp³-hybridized carbons (Fsp3) is 0.647. The average Bonchev–Trinajstić information content (AvgIpc) is 2.47. The number of anilines is 1. The predicted molar refractivity (Wildman–Crippen MR) is 86.7 cm³/mol. The molecule has 1 unspecified atom stereocenters. The lowest BCUT2D eigenvalue weighted by atomic mass is 10.0. The molecule has 0 spiro atoms. The molecule has 1 aliphatic heterocycles. The zero-order chi connectivity index (χ0) is 15.2. The molecule has 1 saturated heterocycles. The highest BCUT2D eigenvalue weighted by molar-refractivity contribution is 5.95. The standard InChI is InChI=1S/C17H27N3O/c1-4-8-15-11-14(12-16(19-15)18-5-2)17(21)20-10-7-6-9-13(20)3/h11-13H,4-10H2,1-3H3,(H,18,19). The zero-order valence-electron chi connectivity index (χ0n) is 13.5. The van der Waals surface area contributed by atoms with E-state index in [-0.39, 0.29) is 5.91 Å². The molecule has 1 amide bonds. The minimum atomic E-state index is 0.154. The molecular weight excluding hydrogens is 262 g/mol. The molecule has 2 rings (SSSR count). The first-order valence-electron chi connectivity index (χ1n) is 8.21. The van der Waals surface area contributed by atoms with Crippen molar-refractivity contribution in [3.63, 3.8) is 0 Å². The van der Waals surface area contributed by atoms with Gasteiger partial charge in [-0.1, -0.05) is 13.3 Å². The maximum atomic E-state index is 12.8. The average molecular weight is 289 g/mol. The Labute approximate surface area is 127 Å². The van der Waals surface area contributed by atoms with Crippen LogP contribution in [0.3, 0.4) is 0 Å². The Kier molecular flexibility index (Phi) is 5.59. The minimum Gasteiger partial charge on any atom is -0.370 e. The minimum absolute atomic E-state index is 0.154. The molecule has 1 atom stereocenters. The Morgan fingerprint density at radius 2 is 2.19 bits per heavy atom. The van der Waals surface area contributed by atoms with Gasteiger partial charge in [-0.25, -0.2) is 4.98 Å². The van der Waals surface area contributed by atoms with Crippen molar-refractivity contribution < 1.29 is 4.79 Å². The summed E-state index contributed by atoms with van der Waals surface area (Å²) in [5.74, 6) is 0.970. The fourth-order valence-corrected chi connectivity index (χ4v) is 2.93. The van der Waals surface area contributed by atoms with Crippen LogP contribution in [0.25, 0.3) is 0 Å². The SMILES string of the molecule is CCCc1cc(C(=O)N2CCCCC2C)cc(NCC)n1. The number of rotatable bonds is 5. The molecule has 21 heavy (non-hydrogen) atoms. The number of carbonyl (C=O) groups excluding carboxylic acids is 1. The van der Waals surface area contributed by atoms with Gasteiger partial charge in [0.2, 0.25) is 0 Å². The fourth-order valence-electron chi connectivity index (χ4n) is 2.93. The van der Waals surface area contributed by atoms with E-state index in [9.17, 15) is 4.79 Å². The number of piperidine rings is 1. The normalized spacial score (nSPS) is 18.6. The van der Waals surface area contributed by atoms with E-state index < -0.39 is 0 Å². The van der Waals surface area contributed by atoms with E-state index in [0.717, 1.165) is 55.8 Å². The highest BCUT2D eigenvalue weighted by Gasteiger charge is 2.24. The summed E-state index contributed by atoms with van der Waals surface area (Å²) >= 11 is 0. The van der Waals surface area contributed by atoms with Crippen LogP contribution in [0, 0.1) is 0 Å². The predicted octanol–water partition coefficient (Wildman–Crippen LogP) is 3.48. The lowest BCUT2D eigenvalue weighted by Gasteiger charge is -2.33. The van der Waals surface area contributed by atoms with Gasteiger partial charge in [-0.05, 0) is 51.7 Å². The molecule has 4 heteroatoms. The summed E-state index contributed by atoms with van der Waals surface area (Å²) in [5, 5.41) is 3.23. The van der Waals surface area contributed by atoms with Gasteiger partial charge >= 0.3 is 0 Å². The van der Waals surface area contributed by atoms with Crippen LogP contribution >= 0.6 is 0 Å². The Morgan fingerprint density at radius 3 is 2.86 bits per heavy atom. The van der Waals surface area contributed by atoms with Crippen molar-refractivity contribution in [2.75, 3.05) is 18.4 Å². The summed E-state index contributed by atoms with van der Waals surface area (Å²) < 4.78 is 0. The highest BCUT2D eigenvalue weighted by Crippen LogP contribution is 2.21. The van der Waals surface area contributed by atoms with Crippen LogP contribution in [0.15, 0.2) is 12.1 Å². The second-order valence-electron chi connectivity index (χ2n) is 5.86. The number of carbonyl (C=O) groups is 1. The Bertz CT molecular complexity index is 463. The van der Waals surface area contributed by atoms with Crippen molar-refractivity contribution in [1.82, 2.24) is 9.88 Å². The van der Waals surface area contributed by atoms with Gasteiger partial charge in [0.1, 0.15) is 5.82 Å². The summed E-state index contributed by atoms with van der Waals surface area (Å²) in [5.41, 5.74) is 1.78. The van der Waals surface area contributed by atoms with Gasteiger partial charge < -0.3 is 10.2 Å². The number of hydrogen-bond donors (Lipinski definition) is 1. The van der Waals surface area contributed by atoms with E-state index >= 15 is 0 Å². The molecule has 1 aromatic heterocycles. The summed E-state index contributed by atoms with van der Waals surface area (Å²) in [6, 6.07) is 4.21. The zero-order valence-corrected chi connectivity index (χ0v) is 13.5. The highest BCUT2D eigenvalue weighted by atomic mass is 16.2. The Balaban J connectivity index is 2.25. The topological polar surface area (TPSA) is 45.2 Å². The van der Waals surface area contributed by atoms with Gasteiger partial charge in [0, 0.05) is 30.4 Å². The third-order valence-corrected chi connectivity index (χ3v) is 4.05. The summed E-state index contributed by atoms with van der Waals surface area (Å²) in [7, 11) is 0. The Hall–Kier alpha value is -1.58. The van der Waals surface area contributed by atoms with Crippen LogP contribution in [0.2, 0.25) is 0 Å². The third-order valence-electron chi connectivity index (χ3n) is 4.05. The lowest BCUT2D eigenvalue weighted by molar-refractivity contribution is 0.0635. The summed E-state index contributed by atoms with van der Waals surface area (Å²) in [6.07, 6.45) is 5.40. The molecule has 0 aliphatic carbocycles. The molecule has 4 nitrogen and oxygen atoms in total. The number of nitrogens with one attached hydrogen (secondary N) is 1. The van der Waals surface area contributed by atoms with E-state index in [0.29, 0.717) is 6.04 Å². The number of aryl methyl sites for hydroxylation is 1. The summed E-state index contributed by atoms with van der Waals surface area (Å²) in [4.78, 5) is 19.4. The molecule has 116 valence electrons. The largest absolute Gasteiger partial charge is 0.370 e. The van der Waals surface area contributed by atoms with Gasteiger partial charge in [0.25, 0.3) is 5.91 Å². The van der Waals surface area contributed by atoms with Crippen LogP contribution in [-0.4, -0.2) is 34.9 Å². The first-order valence-corrected chi connectivity index (χ1v) is 8.21. The first-order chi connectivity index (χ1) is 10.2. The number of aromatic nitrogens is 1. The first kappa shape index (κ1) is 15.8. The second-order valence-corrected chi connectivity index (χ2v) is 5.86. The molecule has 0 saturated carbocycles. The van der Waals surface area contributed by atoms with Crippen molar-refractivity contribution in [1.29, 1.82) is 0 Å². The van der Waals surface area contributed by atoms with Gasteiger partial charge in [-0.3, -0.25) is 4.79 Å². The van der Waals surface area contributed by atoms with Crippen molar-refractivity contribution in [3.8, 4) is 0 Å². The van der Waals surface area contributed by atoms with Gasteiger partial charge in [-0.15, -0.1) is 0 Å².